The summed E-state index contributed by atoms with van der Waals surface area (Å²) >= 11 is 0. The van der Waals surface area contributed by atoms with Gasteiger partial charge in [-0.1, -0.05) is 26.0 Å². The molecule has 0 spiro atoms. The molecule has 0 aromatic heterocycles. The summed E-state index contributed by atoms with van der Waals surface area (Å²) < 4.78 is 23.1. The zero-order valence-corrected chi connectivity index (χ0v) is 28.8. The lowest BCUT2D eigenvalue weighted by atomic mass is 9.77. The molecule has 0 aliphatic carbocycles. The zero-order valence-electron chi connectivity index (χ0n) is 28.8. The van der Waals surface area contributed by atoms with Gasteiger partial charge in [-0.2, -0.15) is 0 Å². The van der Waals surface area contributed by atoms with Crippen LogP contribution in [0.25, 0.3) is 0 Å². The fourth-order valence-corrected chi connectivity index (χ4v) is 4.53. The minimum absolute atomic E-state index is 0.0102. The van der Waals surface area contributed by atoms with Gasteiger partial charge in [0.2, 0.25) is 0 Å². The molecule has 0 saturated carbocycles. The van der Waals surface area contributed by atoms with Crippen molar-refractivity contribution in [1.82, 2.24) is 10.6 Å². The number of nitrogens with one attached hydrogen (secondary N) is 2. The van der Waals surface area contributed by atoms with Gasteiger partial charge in [0.25, 0.3) is 0 Å². The van der Waals surface area contributed by atoms with Crippen LogP contribution < -0.4 is 22.1 Å². The van der Waals surface area contributed by atoms with Crippen LogP contribution in [0.5, 0.6) is 11.5 Å². The molecule has 6 atom stereocenters. The van der Waals surface area contributed by atoms with Gasteiger partial charge in [-0.15, -0.1) is 0 Å². The van der Waals surface area contributed by atoms with E-state index in [0.29, 0.717) is 52.6 Å². The van der Waals surface area contributed by atoms with Crippen molar-refractivity contribution in [3.05, 3.63) is 58.7 Å². The normalized spacial score (nSPS) is 16.2. The van der Waals surface area contributed by atoms with Crippen LogP contribution in [0.4, 0.5) is 0 Å². The summed E-state index contributed by atoms with van der Waals surface area (Å²) in [5.41, 5.74) is 14.6. The molecule has 10 heteroatoms. The Morgan fingerprint density at radius 3 is 1.31 bits per heavy atom. The van der Waals surface area contributed by atoms with Crippen molar-refractivity contribution in [2.45, 2.75) is 110 Å². The molecule has 0 heterocycles. The first kappa shape index (κ1) is 38.9. The highest BCUT2D eigenvalue weighted by Gasteiger charge is 2.25. The Balaban J connectivity index is 1.97. The van der Waals surface area contributed by atoms with Crippen LogP contribution in [-0.4, -0.2) is 86.2 Å². The molecule has 0 amide bonds. The van der Waals surface area contributed by atoms with Gasteiger partial charge in [-0.25, -0.2) is 0 Å². The highest BCUT2D eigenvalue weighted by atomic mass is 16.5. The standard InChI is InChI=1S/C35H60N4O6/c1-23(19-42-27(5)21-44-25(3)15-36)38-17-29-13-31(9-11-33(29)40)35(7,8)32-10-12-34(41)30(14-32)18-39-24(2)20-43-28(6)22-45-26(4)16-37/h9-14,23-28,38-41H,15-22,36-37H2,1-8H3. The molecule has 0 saturated heterocycles. The first-order valence-corrected chi connectivity index (χ1v) is 16.2. The molecule has 6 unspecified atom stereocenters. The van der Waals surface area contributed by atoms with E-state index in [2.05, 4.69) is 38.3 Å². The Morgan fingerprint density at radius 2 is 0.956 bits per heavy atom. The molecule has 0 aliphatic heterocycles. The van der Waals surface area contributed by atoms with Crippen LogP contribution in [0.15, 0.2) is 36.4 Å². The van der Waals surface area contributed by atoms with Crippen LogP contribution in [0.3, 0.4) is 0 Å². The number of aromatic hydroxyl groups is 2. The molecular formula is C35H60N4O6. The van der Waals surface area contributed by atoms with Crippen molar-refractivity contribution < 1.29 is 29.2 Å². The smallest absolute Gasteiger partial charge is 0.120 e. The summed E-state index contributed by atoms with van der Waals surface area (Å²) in [5.74, 6) is 0.489. The van der Waals surface area contributed by atoms with Crippen molar-refractivity contribution >= 4 is 0 Å². The Bertz CT molecular complexity index is 1050. The fraction of sp³-hybridized carbons (Fsp3) is 0.657. The number of nitrogens with two attached hydrogens (primary N) is 2. The maximum Gasteiger partial charge on any atom is 0.120 e. The molecule has 2 rings (SSSR count). The summed E-state index contributed by atoms with van der Waals surface area (Å²) in [5, 5.41) is 28.2. The van der Waals surface area contributed by atoms with Crippen molar-refractivity contribution in [3.63, 3.8) is 0 Å². The predicted molar refractivity (Wildman–Crippen MR) is 181 cm³/mol. The zero-order chi connectivity index (χ0) is 33.6. The summed E-state index contributed by atoms with van der Waals surface area (Å²) in [6, 6.07) is 11.7. The Hall–Kier alpha value is -2.28. The quantitative estimate of drug-likeness (QED) is 0.113. The lowest BCUT2D eigenvalue weighted by Gasteiger charge is -2.28. The van der Waals surface area contributed by atoms with Crippen molar-refractivity contribution in [1.29, 1.82) is 0 Å². The molecule has 0 fully saturated rings. The van der Waals surface area contributed by atoms with Crippen molar-refractivity contribution in [3.8, 4) is 11.5 Å². The largest absolute Gasteiger partial charge is 0.508 e. The van der Waals surface area contributed by atoms with E-state index in [1.165, 1.54) is 0 Å². The van der Waals surface area contributed by atoms with Crippen LogP contribution in [0.1, 0.15) is 77.6 Å². The maximum absolute atomic E-state index is 10.6. The molecule has 0 aliphatic rings. The predicted octanol–water partition coefficient (Wildman–Crippen LogP) is 3.92. The van der Waals surface area contributed by atoms with Gasteiger partial charge in [-0.05, 0) is 76.9 Å². The minimum Gasteiger partial charge on any atom is -0.508 e. The highest BCUT2D eigenvalue weighted by Crippen LogP contribution is 2.36. The monoisotopic (exact) mass is 632 g/mol. The van der Waals surface area contributed by atoms with Crippen molar-refractivity contribution in [2.75, 3.05) is 39.5 Å². The third-order valence-electron chi connectivity index (χ3n) is 8.04. The molecule has 0 bridgehead atoms. The number of ether oxygens (including phenoxy) is 4. The van der Waals surface area contributed by atoms with Gasteiger partial charge < -0.3 is 51.3 Å². The summed E-state index contributed by atoms with van der Waals surface area (Å²) in [7, 11) is 0. The van der Waals surface area contributed by atoms with Crippen LogP contribution >= 0.6 is 0 Å². The molecule has 45 heavy (non-hydrogen) atoms. The summed E-state index contributed by atoms with van der Waals surface area (Å²) in [4.78, 5) is 0. The molecule has 8 N–H and O–H groups in total. The van der Waals surface area contributed by atoms with E-state index >= 15 is 0 Å². The van der Waals surface area contributed by atoms with E-state index in [-0.39, 0.29) is 53.4 Å². The number of hydrogen-bond acceptors (Lipinski definition) is 10. The molecule has 0 radical (unpaired) electrons. The SMILES string of the molecule is CC(COC(C)COC(C)CN)NCc1cc(C(C)(C)c2ccc(O)c(CNC(C)COC(C)COC(C)CN)c2)ccc1O. The van der Waals surface area contributed by atoms with E-state index in [1.807, 2.05) is 52.0 Å². The Labute approximate surface area is 271 Å². The average Bonchev–Trinajstić information content (AvgIpc) is 3.02. The Morgan fingerprint density at radius 1 is 0.600 bits per heavy atom. The second kappa shape index (κ2) is 19.4. The van der Waals surface area contributed by atoms with Gasteiger partial charge in [0.05, 0.1) is 50.8 Å². The third kappa shape index (κ3) is 13.5. The molecule has 2 aromatic carbocycles. The lowest BCUT2D eigenvalue weighted by molar-refractivity contribution is -0.0334. The Kier molecular flexibility index (Phi) is 16.8. The summed E-state index contributed by atoms with van der Waals surface area (Å²) in [6.07, 6.45) is -0.0591. The fourth-order valence-electron chi connectivity index (χ4n) is 4.53. The van der Waals surface area contributed by atoms with E-state index in [1.54, 1.807) is 12.1 Å². The lowest BCUT2D eigenvalue weighted by Crippen LogP contribution is -2.33. The van der Waals surface area contributed by atoms with Gasteiger partial charge in [-0.3, -0.25) is 0 Å². The highest BCUT2D eigenvalue weighted by molar-refractivity contribution is 5.47. The molecular weight excluding hydrogens is 572 g/mol. The van der Waals surface area contributed by atoms with E-state index in [0.717, 1.165) is 22.3 Å². The van der Waals surface area contributed by atoms with Crippen LogP contribution in [-0.2, 0) is 37.5 Å². The first-order chi connectivity index (χ1) is 21.3. The first-order valence-electron chi connectivity index (χ1n) is 16.2. The second-order valence-electron chi connectivity index (χ2n) is 12.9. The average molecular weight is 633 g/mol. The molecule has 10 nitrogen and oxygen atoms in total. The van der Waals surface area contributed by atoms with E-state index < -0.39 is 0 Å². The number of hydrogen-bond donors (Lipinski definition) is 6. The van der Waals surface area contributed by atoms with Gasteiger partial charge in [0.1, 0.15) is 11.5 Å². The molecule has 2 aromatic rings. The number of benzene rings is 2. The second-order valence-corrected chi connectivity index (χ2v) is 12.9. The third-order valence-corrected chi connectivity index (χ3v) is 8.04. The maximum atomic E-state index is 10.6. The van der Waals surface area contributed by atoms with Crippen LogP contribution in [0, 0.1) is 0 Å². The topological polar surface area (TPSA) is 153 Å². The number of rotatable bonds is 22. The number of phenols is 2. The van der Waals surface area contributed by atoms with Crippen molar-refractivity contribution in [2.24, 2.45) is 11.5 Å². The van der Waals surface area contributed by atoms with Gasteiger partial charge >= 0.3 is 0 Å². The van der Waals surface area contributed by atoms with E-state index in [9.17, 15) is 10.2 Å². The molecule has 256 valence electrons. The summed E-state index contributed by atoms with van der Waals surface area (Å²) in [6.45, 7) is 20.3. The van der Waals surface area contributed by atoms with Gasteiger partial charge in [0.15, 0.2) is 0 Å². The number of phenolic OH excluding ortho intramolecular Hbond substituents is 2. The van der Waals surface area contributed by atoms with Gasteiger partial charge in [0, 0.05) is 54.8 Å². The van der Waals surface area contributed by atoms with E-state index in [4.69, 9.17) is 30.4 Å². The van der Waals surface area contributed by atoms with Crippen LogP contribution in [0.2, 0.25) is 0 Å². The minimum atomic E-state index is -0.374.